The lowest BCUT2D eigenvalue weighted by Crippen LogP contribution is -2.16. The molecule has 0 aliphatic rings. The van der Waals surface area contributed by atoms with Gasteiger partial charge < -0.3 is 5.11 Å². The molecule has 0 aliphatic heterocycles. The Kier molecular flexibility index (Phi) is 3.71. The monoisotopic (exact) mass is 228 g/mol. The molecule has 0 heterocycles. The number of carboxylic acid groups (broad SMARTS) is 1. The van der Waals surface area contributed by atoms with Crippen LogP contribution < -0.4 is 0 Å². The molecule has 0 fully saturated rings. The highest BCUT2D eigenvalue weighted by atomic mass is 19.1. The zero-order valence-corrected chi connectivity index (χ0v) is 8.54. The van der Waals surface area contributed by atoms with Crippen LogP contribution in [-0.4, -0.2) is 16.9 Å². The van der Waals surface area contributed by atoms with Crippen molar-refractivity contribution in [3.8, 4) is 0 Å². The van der Waals surface area contributed by atoms with Gasteiger partial charge in [-0.2, -0.15) is 0 Å². The molecule has 3 nitrogen and oxygen atoms in total. The Hall–Kier alpha value is -1.78. The molecule has 1 atom stereocenters. The topological polar surface area (TPSA) is 54.4 Å². The van der Waals surface area contributed by atoms with Gasteiger partial charge in [-0.3, -0.25) is 9.59 Å². The first-order valence-electron chi connectivity index (χ1n) is 4.63. The number of hydrogen-bond donors (Lipinski definition) is 1. The minimum atomic E-state index is -1.14. The molecule has 0 saturated carbocycles. The predicted octanol–water partition coefficient (Wildman–Crippen LogP) is 2.26. The third kappa shape index (κ3) is 2.85. The summed E-state index contributed by atoms with van der Waals surface area (Å²) in [5.74, 6) is -4.36. The summed E-state index contributed by atoms with van der Waals surface area (Å²) in [6.07, 6.45) is -0.379. The molecule has 1 aromatic carbocycles. The molecule has 0 bridgehead atoms. The molecule has 0 spiro atoms. The van der Waals surface area contributed by atoms with E-state index in [0.29, 0.717) is 6.07 Å². The smallest absolute Gasteiger partial charge is 0.304 e. The predicted molar refractivity (Wildman–Crippen MR) is 52.1 cm³/mol. The number of halogens is 2. The normalized spacial score (nSPS) is 12.2. The number of carbonyl (C=O) groups excluding carboxylic acids is 1. The molecule has 1 aromatic rings. The van der Waals surface area contributed by atoms with Gasteiger partial charge >= 0.3 is 5.97 Å². The van der Waals surface area contributed by atoms with E-state index < -0.39 is 29.3 Å². The van der Waals surface area contributed by atoms with E-state index in [1.54, 1.807) is 0 Å². The maximum absolute atomic E-state index is 13.2. The van der Waals surface area contributed by atoms with Crippen molar-refractivity contribution in [2.75, 3.05) is 0 Å². The van der Waals surface area contributed by atoms with Gasteiger partial charge in [0.15, 0.2) is 5.78 Å². The van der Waals surface area contributed by atoms with Gasteiger partial charge in [0.1, 0.15) is 11.6 Å². The van der Waals surface area contributed by atoms with E-state index in [9.17, 15) is 18.4 Å². The van der Waals surface area contributed by atoms with E-state index in [0.717, 1.165) is 12.1 Å². The molecule has 1 unspecified atom stereocenters. The third-order valence-electron chi connectivity index (χ3n) is 2.12. The van der Waals surface area contributed by atoms with Crippen LogP contribution in [0.2, 0.25) is 0 Å². The summed E-state index contributed by atoms with van der Waals surface area (Å²) in [7, 11) is 0. The van der Waals surface area contributed by atoms with E-state index in [4.69, 9.17) is 5.11 Å². The number of ketones is 1. The molecule has 1 N–H and O–H groups in total. The van der Waals surface area contributed by atoms with Gasteiger partial charge in [0.2, 0.25) is 0 Å². The second-order valence-electron chi connectivity index (χ2n) is 3.49. The van der Waals surface area contributed by atoms with Crippen molar-refractivity contribution in [3.05, 3.63) is 35.4 Å². The first-order valence-corrected chi connectivity index (χ1v) is 4.63. The van der Waals surface area contributed by atoms with E-state index in [-0.39, 0.29) is 12.0 Å². The molecule has 0 aromatic heterocycles. The van der Waals surface area contributed by atoms with E-state index in [2.05, 4.69) is 0 Å². The highest BCUT2D eigenvalue weighted by Gasteiger charge is 2.21. The van der Waals surface area contributed by atoms with Gasteiger partial charge in [-0.15, -0.1) is 0 Å². The Morgan fingerprint density at radius 3 is 2.50 bits per heavy atom. The summed E-state index contributed by atoms with van der Waals surface area (Å²) >= 11 is 0. The van der Waals surface area contributed by atoms with Crippen molar-refractivity contribution in [1.29, 1.82) is 0 Å². The molecule has 5 heteroatoms. The second-order valence-corrected chi connectivity index (χ2v) is 3.49. The second kappa shape index (κ2) is 4.83. The number of carbonyl (C=O) groups is 2. The molecular weight excluding hydrogens is 218 g/mol. The minimum Gasteiger partial charge on any atom is -0.481 e. The van der Waals surface area contributed by atoms with Gasteiger partial charge in [0, 0.05) is 12.0 Å². The fourth-order valence-electron chi connectivity index (χ4n) is 1.31. The van der Waals surface area contributed by atoms with E-state index >= 15 is 0 Å². The lowest BCUT2D eigenvalue weighted by atomic mass is 9.96. The molecule has 0 aliphatic carbocycles. The van der Waals surface area contributed by atoms with E-state index in [1.807, 2.05) is 0 Å². The van der Waals surface area contributed by atoms with Crippen LogP contribution in [0.25, 0.3) is 0 Å². The number of rotatable bonds is 4. The summed E-state index contributed by atoms with van der Waals surface area (Å²) in [5.41, 5.74) is -0.282. The van der Waals surface area contributed by atoms with Crippen LogP contribution in [0.1, 0.15) is 23.7 Å². The van der Waals surface area contributed by atoms with Gasteiger partial charge in [-0.1, -0.05) is 6.92 Å². The third-order valence-corrected chi connectivity index (χ3v) is 2.12. The molecule has 1 rings (SSSR count). The zero-order chi connectivity index (χ0) is 12.3. The van der Waals surface area contributed by atoms with Crippen molar-refractivity contribution in [3.63, 3.8) is 0 Å². The Morgan fingerprint density at radius 2 is 2.00 bits per heavy atom. The van der Waals surface area contributed by atoms with Gasteiger partial charge in [-0.25, -0.2) is 8.78 Å². The highest BCUT2D eigenvalue weighted by molar-refractivity contribution is 5.99. The van der Waals surface area contributed by atoms with Crippen LogP contribution >= 0.6 is 0 Å². The van der Waals surface area contributed by atoms with Gasteiger partial charge in [0.25, 0.3) is 0 Å². The summed E-state index contributed by atoms with van der Waals surface area (Å²) in [5, 5.41) is 8.49. The number of benzene rings is 1. The molecule has 0 amide bonds. The van der Waals surface area contributed by atoms with Gasteiger partial charge in [-0.05, 0) is 12.1 Å². The summed E-state index contributed by atoms with van der Waals surface area (Å²) in [6, 6.07) is 2.58. The average Bonchev–Trinajstić information content (AvgIpc) is 2.15. The summed E-state index contributed by atoms with van der Waals surface area (Å²) in [6.45, 7) is 1.39. The van der Waals surface area contributed by atoms with Crippen LogP contribution in [-0.2, 0) is 4.79 Å². The Balaban J connectivity index is 2.92. The first kappa shape index (κ1) is 12.3. The quantitative estimate of drug-likeness (QED) is 0.804. The summed E-state index contributed by atoms with van der Waals surface area (Å²) in [4.78, 5) is 22.0. The van der Waals surface area contributed by atoms with Gasteiger partial charge in [0.05, 0.1) is 12.0 Å². The highest BCUT2D eigenvalue weighted by Crippen LogP contribution is 2.16. The maximum Gasteiger partial charge on any atom is 0.304 e. The zero-order valence-electron chi connectivity index (χ0n) is 8.54. The largest absolute Gasteiger partial charge is 0.481 e. The lowest BCUT2D eigenvalue weighted by Gasteiger charge is -2.08. The molecule has 16 heavy (non-hydrogen) atoms. The van der Waals surface area contributed by atoms with Crippen molar-refractivity contribution in [1.82, 2.24) is 0 Å². The average molecular weight is 228 g/mol. The van der Waals surface area contributed by atoms with Crippen LogP contribution in [0.3, 0.4) is 0 Å². The number of carboxylic acids is 1. The SMILES string of the molecule is CC(CC(=O)O)C(=O)c1ccc(F)cc1F. The number of Topliss-reactive ketones (excluding diaryl/α,β-unsaturated/α-hetero) is 1. The van der Waals surface area contributed by atoms with E-state index in [1.165, 1.54) is 6.92 Å². The Morgan fingerprint density at radius 1 is 1.38 bits per heavy atom. The molecular formula is C11H10F2O3. The van der Waals surface area contributed by atoms with Crippen LogP contribution in [0.5, 0.6) is 0 Å². The Bertz CT molecular complexity index is 429. The maximum atomic E-state index is 13.2. The van der Waals surface area contributed by atoms with Crippen molar-refractivity contribution in [2.24, 2.45) is 5.92 Å². The first-order chi connectivity index (χ1) is 7.41. The molecule has 0 radical (unpaired) electrons. The minimum absolute atomic E-state index is 0.282. The van der Waals surface area contributed by atoms with Crippen LogP contribution in [0.4, 0.5) is 8.78 Å². The van der Waals surface area contributed by atoms with Crippen molar-refractivity contribution >= 4 is 11.8 Å². The van der Waals surface area contributed by atoms with Crippen molar-refractivity contribution < 1.29 is 23.5 Å². The molecule has 0 saturated heterocycles. The van der Waals surface area contributed by atoms with Crippen LogP contribution in [0.15, 0.2) is 18.2 Å². The fourth-order valence-corrected chi connectivity index (χ4v) is 1.31. The summed E-state index contributed by atoms with van der Waals surface area (Å²) < 4.78 is 25.8. The number of hydrogen-bond acceptors (Lipinski definition) is 2. The van der Waals surface area contributed by atoms with Crippen molar-refractivity contribution in [2.45, 2.75) is 13.3 Å². The number of aliphatic carboxylic acids is 1. The van der Waals surface area contributed by atoms with Crippen LogP contribution in [0, 0.1) is 17.6 Å². The fraction of sp³-hybridized carbons (Fsp3) is 0.273. The standard InChI is InChI=1S/C11H10F2O3/c1-6(4-10(14)15)11(16)8-3-2-7(12)5-9(8)13/h2-3,5-6H,4H2,1H3,(H,14,15). The molecule has 86 valence electrons. The lowest BCUT2D eigenvalue weighted by molar-refractivity contribution is -0.137. The Labute approximate surface area is 90.7 Å².